The Labute approximate surface area is 149 Å². The smallest absolute Gasteiger partial charge is 0.328 e. The molecule has 0 unspecified atom stereocenters. The first-order valence-electron chi connectivity index (χ1n) is 7.70. The predicted molar refractivity (Wildman–Crippen MR) is 93.1 cm³/mol. The highest BCUT2D eigenvalue weighted by molar-refractivity contribution is 5.97. The highest BCUT2D eigenvalue weighted by atomic mass is 16.6. The highest BCUT2D eigenvalue weighted by Gasteiger charge is 2.23. The van der Waals surface area contributed by atoms with Crippen molar-refractivity contribution in [1.29, 1.82) is 0 Å². The lowest BCUT2D eigenvalue weighted by atomic mass is 10.0. The molecular formula is C18H18N2O6. The molecule has 0 heterocycles. The number of carbonyl (C=O) groups is 2. The fourth-order valence-corrected chi connectivity index (χ4v) is 2.37. The minimum absolute atomic E-state index is 0.0822. The number of esters is 1. The summed E-state index contributed by atoms with van der Waals surface area (Å²) in [6.07, 6.45) is 0.185. The maximum Gasteiger partial charge on any atom is 0.328 e. The van der Waals surface area contributed by atoms with Gasteiger partial charge in [-0.15, -0.1) is 0 Å². The molecule has 136 valence electrons. The van der Waals surface area contributed by atoms with E-state index >= 15 is 0 Å². The molecule has 8 nitrogen and oxygen atoms in total. The van der Waals surface area contributed by atoms with Gasteiger partial charge in [0.15, 0.2) is 0 Å². The Morgan fingerprint density at radius 3 is 2.54 bits per heavy atom. The first-order valence-corrected chi connectivity index (χ1v) is 7.70. The van der Waals surface area contributed by atoms with Crippen molar-refractivity contribution in [2.24, 2.45) is 0 Å². The van der Waals surface area contributed by atoms with Gasteiger partial charge >= 0.3 is 5.97 Å². The monoisotopic (exact) mass is 358 g/mol. The maximum atomic E-state index is 12.4. The van der Waals surface area contributed by atoms with Gasteiger partial charge < -0.3 is 14.8 Å². The maximum absolute atomic E-state index is 12.4. The van der Waals surface area contributed by atoms with Gasteiger partial charge in [0.1, 0.15) is 11.8 Å². The topological polar surface area (TPSA) is 108 Å². The number of rotatable bonds is 7. The van der Waals surface area contributed by atoms with E-state index in [-0.39, 0.29) is 17.7 Å². The van der Waals surface area contributed by atoms with E-state index in [1.165, 1.54) is 32.4 Å². The van der Waals surface area contributed by atoms with E-state index in [2.05, 4.69) is 5.32 Å². The molecule has 0 saturated heterocycles. The largest absolute Gasteiger partial charge is 0.497 e. The molecule has 2 aromatic carbocycles. The standard InChI is InChI=1S/C18H18N2O6/c1-25-15-8-3-5-12(9-15)10-16(18(22)26-2)19-17(21)13-6-4-7-14(11-13)20(23)24/h3-9,11,16H,10H2,1-2H3,(H,19,21)/t16-/m0/s1. The minimum Gasteiger partial charge on any atom is -0.497 e. The number of non-ortho nitro benzene ring substituents is 1. The Morgan fingerprint density at radius 1 is 1.15 bits per heavy atom. The summed E-state index contributed by atoms with van der Waals surface area (Å²) >= 11 is 0. The van der Waals surface area contributed by atoms with Crippen molar-refractivity contribution >= 4 is 17.6 Å². The summed E-state index contributed by atoms with van der Waals surface area (Å²) in [5, 5.41) is 13.4. The van der Waals surface area contributed by atoms with Crippen LogP contribution in [0.5, 0.6) is 5.75 Å². The summed E-state index contributed by atoms with van der Waals surface area (Å²) < 4.78 is 9.89. The van der Waals surface area contributed by atoms with Gasteiger partial charge in [0.25, 0.3) is 11.6 Å². The average Bonchev–Trinajstić information content (AvgIpc) is 2.66. The van der Waals surface area contributed by atoms with Gasteiger partial charge in [-0.1, -0.05) is 18.2 Å². The number of methoxy groups -OCH3 is 2. The van der Waals surface area contributed by atoms with Crippen LogP contribution >= 0.6 is 0 Å². The number of benzene rings is 2. The number of carbonyl (C=O) groups excluding carboxylic acids is 2. The SMILES string of the molecule is COC(=O)[C@H](Cc1cccc(OC)c1)NC(=O)c1cccc([N+](=O)[O-])c1. The lowest BCUT2D eigenvalue weighted by molar-refractivity contribution is -0.384. The number of nitrogens with zero attached hydrogens (tertiary/aromatic N) is 1. The van der Waals surface area contributed by atoms with Gasteiger partial charge in [-0.25, -0.2) is 4.79 Å². The van der Waals surface area contributed by atoms with Crippen molar-refractivity contribution in [2.75, 3.05) is 14.2 Å². The Kier molecular flexibility index (Phi) is 6.26. The number of nitrogens with one attached hydrogen (secondary N) is 1. The minimum atomic E-state index is -0.945. The zero-order valence-electron chi connectivity index (χ0n) is 14.3. The molecule has 1 amide bonds. The third-order valence-corrected chi connectivity index (χ3v) is 3.68. The molecule has 0 aliphatic rings. The van der Waals surface area contributed by atoms with Crippen LogP contribution in [0.2, 0.25) is 0 Å². The summed E-state index contributed by atoms with van der Waals surface area (Å²) in [4.78, 5) is 34.7. The molecule has 0 aliphatic heterocycles. The van der Waals surface area contributed by atoms with Crippen LogP contribution in [0.25, 0.3) is 0 Å². The first-order chi connectivity index (χ1) is 12.4. The summed E-state index contributed by atoms with van der Waals surface area (Å²) in [5.74, 6) is -0.602. The molecule has 1 atom stereocenters. The predicted octanol–water partition coefficient (Wildman–Crippen LogP) is 2.12. The Bertz CT molecular complexity index is 821. The van der Waals surface area contributed by atoms with Crippen LogP contribution in [0.4, 0.5) is 5.69 Å². The number of hydrogen-bond acceptors (Lipinski definition) is 6. The van der Waals surface area contributed by atoms with E-state index in [1.807, 2.05) is 0 Å². The van der Waals surface area contributed by atoms with Gasteiger partial charge in [-0.2, -0.15) is 0 Å². The third kappa shape index (κ3) is 4.79. The van der Waals surface area contributed by atoms with Gasteiger partial charge in [0, 0.05) is 24.1 Å². The fourth-order valence-electron chi connectivity index (χ4n) is 2.37. The van der Waals surface area contributed by atoms with Crippen LogP contribution in [-0.2, 0) is 16.0 Å². The molecule has 2 aromatic rings. The molecule has 0 aliphatic carbocycles. The van der Waals surface area contributed by atoms with E-state index < -0.39 is 22.8 Å². The van der Waals surface area contributed by atoms with E-state index in [0.29, 0.717) is 5.75 Å². The number of hydrogen-bond donors (Lipinski definition) is 1. The van der Waals surface area contributed by atoms with E-state index in [4.69, 9.17) is 9.47 Å². The molecule has 26 heavy (non-hydrogen) atoms. The molecule has 0 bridgehead atoms. The average molecular weight is 358 g/mol. The normalized spacial score (nSPS) is 11.3. The van der Waals surface area contributed by atoms with Crippen molar-refractivity contribution in [3.63, 3.8) is 0 Å². The second kappa shape index (κ2) is 8.61. The molecule has 8 heteroatoms. The quantitative estimate of drug-likeness (QED) is 0.461. The van der Waals surface area contributed by atoms with Crippen molar-refractivity contribution in [3.8, 4) is 5.75 Å². The fraction of sp³-hybridized carbons (Fsp3) is 0.222. The van der Waals surface area contributed by atoms with Crippen LogP contribution in [0, 0.1) is 10.1 Å². The highest BCUT2D eigenvalue weighted by Crippen LogP contribution is 2.16. The number of ether oxygens (including phenoxy) is 2. The van der Waals surface area contributed by atoms with E-state index in [1.54, 1.807) is 24.3 Å². The molecule has 0 saturated carbocycles. The zero-order valence-corrected chi connectivity index (χ0v) is 14.3. The third-order valence-electron chi connectivity index (χ3n) is 3.68. The second-order valence-corrected chi connectivity index (χ2v) is 5.41. The van der Waals surface area contributed by atoms with Crippen molar-refractivity contribution < 1.29 is 24.0 Å². The van der Waals surface area contributed by atoms with Crippen molar-refractivity contribution in [3.05, 3.63) is 69.8 Å². The van der Waals surface area contributed by atoms with Crippen LogP contribution in [-0.4, -0.2) is 37.1 Å². The van der Waals surface area contributed by atoms with Crippen LogP contribution in [0.15, 0.2) is 48.5 Å². The molecule has 2 rings (SSSR count). The van der Waals surface area contributed by atoms with Gasteiger partial charge in [0.05, 0.1) is 19.1 Å². The molecular weight excluding hydrogens is 340 g/mol. The molecule has 0 fully saturated rings. The van der Waals surface area contributed by atoms with Crippen molar-refractivity contribution in [2.45, 2.75) is 12.5 Å². The summed E-state index contributed by atoms with van der Waals surface area (Å²) in [5.41, 5.74) is 0.637. The molecule has 0 aromatic heterocycles. The Balaban J connectivity index is 2.19. The number of nitro benzene ring substituents is 1. The van der Waals surface area contributed by atoms with E-state index in [0.717, 1.165) is 11.6 Å². The zero-order chi connectivity index (χ0) is 19.1. The number of amides is 1. The Hall–Kier alpha value is -3.42. The molecule has 0 spiro atoms. The van der Waals surface area contributed by atoms with Crippen molar-refractivity contribution in [1.82, 2.24) is 5.32 Å². The van der Waals surface area contributed by atoms with Gasteiger partial charge in [-0.3, -0.25) is 14.9 Å². The molecule has 1 N–H and O–H groups in total. The second-order valence-electron chi connectivity index (χ2n) is 5.41. The molecule has 0 radical (unpaired) electrons. The van der Waals surface area contributed by atoms with Crippen LogP contribution in [0.1, 0.15) is 15.9 Å². The number of nitro groups is 1. The first kappa shape index (κ1) is 18.9. The van der Waals surface area contributed by atoms with Gasteiger partial charge in [-0.05, 0) is 23.8 Å². The lowest BCUT2D eigenvalue weighted by Crippen LogP contribution is -2.43. The van der Waals surface area contributed by atoms with Crippen LogP contribution in [0.3, 0.4) is 0 Å². The summed E-state index contributed by atoms with van der Waals surface area (Å²) in [6, 6.07) is 11.4. The van der Waals surface area contributed by atoms with Gasteiger partial charge in [0.2, 0.25) is 0 Å². The van der Waals surface area contributed by atoms with E-state index in [9.17, 15) is 19.7 Å². The Morgan fingerprint density at radius 2 is 1.88 bits per heavy atom. The summed E-state index contributed by atoms with van der Waals surface area (Å²) in [6.45, 7) is 0. The van der Waals surface area contributed by atoms with Crippen LogP contribution < -0.4 is 10.1 Å². The summed E-state index contributed by atoms with van der Waals surface area (Å²) in [7, 11) is 2.75. The lowest BCUT2D eigenvalue weighted by Gasteiger charge is -2.17.